The van der Waals surface area contributed by atoms with Crippen molar-refractivity contribution in [1.29, 1.82) is 0 Å². The molecule has 2 aliphatic heterocycles. The second kappa shape index (κ2) is 6.96. The molecule has 0 atom stereocenters. The minimum absolute atomic E-state index is 0.0179. The fourth-order valence-electron chi connectivity index (χ4n) is 3.69. The number of nitrogens with one attached hydrogen (secondary N) is 1. The molecule has 0 bridgehead atoms. The van der Waals surface area contributed by atoms with Gasteiger partial charge in [0.2, 0.25) is 5.95 Å². The number of aromatic amines is 1. The largest absolute Gasteiger partial charge is 0.342 e. The zero-order valence-electron chi connectivity index (χ0n) is 14.7. The average Bonchev–Trinajstić information content (AvgIpc) is 2.63. The maximum Gasteiger partial charge on any atom is 0.257 e. The van der Waals surface area contributed by atoms with Crippen LogP contribution in [0.1, 0.15) is 36.7 Å². The van der Waals surface area contributed by atoms with Gasteiger partial charge in [0.15, 0.2) is 0 Å². The van der Waals surface area contributed by atoms with Gasteiger partial charge in [-0.25, -0.2) is 4.98 Å². The summed E-state index contributed by atoms with van der Waals surface area (Å²) in [4.78, 5) is 29.3. The van der Waals surface area contributed by atoms with E-state index in [1.807, 2.05) is 24.4 Å². The van der Waals surface area contributed by atoms with Crippen LogP contribution in [0.25, 0.3) is 0 Å². The highest BCUT2D eigenvalue weighted by Crippen LogP contribution is 2.22. The number of pyridine rings is 1. The summed E-state index contributed by atoms with van der Waals surface area (Å²) >= 11 is 0. The molecule has 2 aliphatic rings. The second-order valence-electron chi connectivity index (χ2n) is 7.27. The van der Waals surface area contributed by atoms with Crippen molar-refractivity contribution >= 4 is 5.95 Å². The third kappa shape index (κ3) is 3.58. The molecule has 0 unspecified atom stereocenters. The first-order valence-corrected chi connectivity index (χ1v) is 9.18. The van der Waals surface area contributed by atoms with Crippen LogP contribution in [-0.4, -0.2) is 39.5 Å². The fraction of sp³-hybridized carbons (Fsp3) is 0.526. The molecule has 2 aromatic rings. The van der Waals surface area contributed by atoms with Gasteiger partial charge >= 0.3 is 0 Å². The van der Waals surface area contributed by atoms with Gasteiger partial charge in [0, 0.05) is 45.3 Å². The molecule has 0 aliphatic carbocycles. The lowest BCUT2D eigenvalue weighted by Crippen LogP contribution is -2.39. The zero-order valence-corrected chi connectivity index (χ0v) is 14.7. The van der Waals surface area contributed by atoms with Crippen LogP contribution in [0.2, 0.25) is 0 Å². The predicted molar refractivity (Wildman–Crippen MR) is 97.5 cm³/mol. The van der Waals surface area contributed by atoms with Gasteiger partial charge in [-0.15, -0.1) is 0 Å². The van der Waals surface area contributed by atoms with Crippen LogP contribution in [-0.2, 0) is 19.5 Å². The highest BCUT2D eigenvalue weighted by molar-refractivity contribution is 5.34. The van der Waals surface area contributed by atoms with Crippen molar-refractivity contribution in [2.24, 2.45) is 5.92 Å². The molecule has 1 saturated heterocycles. The molecule has 6 nitrogen and oxygen atoms in total. The monoisotopic (exact) mass is 339 g/mol. The second-order valence-corrected chi connectivity index (χ2v) is 7.27. The Balaban J connectivity index is 1.50. The Bertz CT molecular complexity index is 780. The molecule has 0 spiro atoms. The third-order valence-electron chi connectivity index (χ3n) is 5.33. The summed E-state index contributed by atoms with van der Waals surface area (Å²) in [6.07, 6.45) is 4.97. The van der Waals surface area contributed by atoms with Crippen LogP contribution < -0.4 is 10.5 Å². The topological polar surface area (TPSA) is 65.1 Å². The summed E-state index contributed by atoms with van der Waals surface area (Å²) in [5, 5.41) is 0. The van der Waals surface area contributed by atoms with E-state index in [2.05, 4.69) is 26.7 Å². The lowest BCUT2D eigenvalue weighted by Gasteiger charge is -2.32. The Hall–Kier alpha value is -2.21. The number of nitrogens with zero attached hydrogens (tertiary/aromatic N) is 4. The Morgan fingerprint density at radius 2 is 2.08 bits per heavy atom. The summed E-state index contributed by atoms with van der Waals surface area (Å²) in [6, 6.07) is 5.95. The summed E-state index contributed by atoms with van der Waals surface area (Å²) in [7, 11) is 0. The zero-order chi connectivity index (χ0) is 17.2. The number of aromatic nitrogens is 3. The summed E-state index contributed by atoms with van der Waals surface area (Å²) < 4.78 is 0. The number of hydrogen-bond donors (Lipinski definition) is 1. The van der Waals surface area contributed by atoms with Crippen LogP contribution in [0.3, 0.4) is 0 Å². The Morgan fingerprint density at radius 1 is 1.24 bits per heavy atom. The highest BCUT2D eigenvalue weighted by atomic mass is 16.1. The molecule has 0 radical (unpaired) electrons. The van der Waals surface area contributed by atoms with Gasteiger partial charge in [-0.1, -0.05) is 13.0 Å². The highest BCUT2D eigenvalue weighted by Gasteiger charge is 2.24. The van der Waals surface area contributed by atoms with E-state index in [1.165, 1.54) is 12.8 Å². The van der Waals surface area contributed by atoms with Gasteiger partial charge in [0.05, 0.1) is 17.0 Å². The molecule has 4 rings (SSSR count). The van der Waals surface area contributed by atoms with Crippen LogP contribution >= 0.6 is 0 Å². The van der Waals surface area contributed by atoms with E-state index in [1.54, 1.807) is 0 Å². The molecule has 0 amide bonds. The van der Waals surface area contributed by atoms with E-state index >= 15 is 0 Å². The molecule has 2 aromatic heterocycles. The first-order chi connectivity index (χ1) is 12.2. The van der Waals surface area contributed by atoms with Gasteiger partial charge in [-0.05, 0) is 30.9 Å². The number of rotatable bonds is 3. The number of anilines is 1. The van der Waals surface area contributed by atoms with E-state index in [-0.39, 0.29) is 5.56 Å². The van der Waals surface area contributed by atoms with Gasteiger partial charge < -0.3 is 4.90 Å². The lowest BCUT2D eigenvalue weighted by molar-refractivity contribution is 0.239. The molecular formula is C19H25N5O. The normalized spacial score (nSPS) is 19.0. The molecule has 4 heterocycles. The van der Waals surface area contributed by atoms with Crippen molar-refractivity contribution in [3.63, 3.8) is 0 Å². The minimum atomic E-state index is 0.0179. The Labute approximate surface area is 147 Å². The maximum absolute atomic E-state index is 12.6. The Kier molecular flexibility index (Phi) is 4.53. The van der Waals surface area contributed by atoms with Crippen molar-refractivity contribution < 1.29 is 0 Å². The van der Waals surface area contributed by atoms with Crippen LogP contribution in [0.15, 0.2) is 29.2 Å². The molecule has 25 heavy (non-hydrogen) atoms. The number of H-pyrrole nitrogens is 1. The van der Waals surface area contributed by atoms with Crippen molar-refractivity contribution in [2.45, 2.75) is 39.3 Å². The van der Waals surface area contributed by atoms with Crippen LogP contribution in [0, 0.1) is 5.92 Å². The Morgan fingerprint density at radius 3 is 2.84 bits per heavy atom. The van der Waals surface area contributed by atoms with Gasteiger partial charge in [0.25, 0.3) is 5.56 Å². The fourth-order valence-corrected chi connectivity index (χ4v) is 3.69. The molecule has 0 saturated carbocycles. The average molecular weight is 339 g/mol. The predicted octanol–water partition coefficient (Wildman–Crippen LogP) is 1.96. The van der Waals surface area contributed by atoms with Crippen molar-refractivity contribution in [3.8, 4) is 0 Å². The van der Waals surface area contributed by atoms with Crippen molar-refractivity contribution in [2.75, 3.05) is 24.5 Å². The van der Waals surface area contributed by atoms with E-state index < -0.39 is 0 Å². The van der Waals surface area contributed by atoms with Crippen molar-refractivity contribution in [1.82, 2.24) is 19.9 Å². The van der Waals surface area contributed by atoms with Crippen LogP contribution in [0.4, 0.5) is 5.95 Å². The molecule has 0 aromatic carbocycles. The number of fused-ring (bicyclic) bond motifs is 1. The summed E-state index contributed by atoms with van der Waals surface area (Å²) in [6.45, 7) is 6.58. The van der Waals surface area contributed by atoms with Crippen LogP contribution in [0.5, 0.6) is 0 Å². The standard InChI is InChI=1S/C19H25N5O/c1-14-5-10-24(11-6-14)19-21-17-7-9-23(13-16(17)18(25)22-19)12-15-4-2-3-8-20-15/h2-4,8,14H,5-7,9-13H2,1H3,(H,21,22,25). The first-order valence-electron chi connectivity index (χ1n) is 9.18. The van der Waals surface area contributed by atoms with E-state index in [9.17, 15) is 4.79 Å². The van der Waals surface area contributed by atoms with Crippen molar-refractivity contribution in [3.05, 3.63) is 51.7 Å². The van der Waals surface area contributed by atoms with E-state index in [0.29, 0.717) is 6.54 Å². The number of hydrogen-bond acceptors (Lipinski definition) is 5. The van der Waals surface area contributed by atoms with Gasteiger partial charge in [0.1, 0.15) is 0 Å². The molecular weight excluding hydrogens is 314 g/mol. The van der Waals surface area contributed by atoms with Gasteiger partial charge in [-0.2, -0.15) is 0 Å². The smallest absolute Gasteiger partial charge is 0.257 e. The summed E-state index contributed by atoms with van der Waals surface area (Å²) in [5.74, 6) is 1.52. The van der Waals surface area contributed by atoms with E-state index in [4.69, 9.17) is 4.98 Å². The first kappa shape index (κ1) is 16.3. The quantitative estimate of drug-likeness (QED) is 0.926. The molecule has 1 N–H and O–H groups in total. The lowest BCUT2D eigenvalue weighted by atomic mass is 9.99. The number of piperidine rings is 1. The van der Waals surface area contributed by atoms with Gasteiger partial charge in [-0.3, -0.25) is 19.7 Å². The molecule has 6 heteroatoms. The third-order valence-corrected chi connectivity index (χ3v) is 5.33. The minimum Gasteiger partial charge on any atom is -0.342 e. The SMILES string of the molecule is CC1CCN(c2nc3c(c(=O)[nH]2)CN(Cc2ccccn2)CC3)CC1. The molecule has 1 fully saturated rings. The van der Waals surface area contributed by atoms with E-state index in [0.717, 1.165) is 61.4 Å². The summed E-state index contributed by atoms with van der Waals surface area (Å²) in [5.41, 5.74) is 2.84. The maximum atomic E-state index is 12.6. The molecule has 132 valence electrons.